The van der Waals surface area contributed by atoms with Crippen molar-refractivity contribution in [1.29, 1.82) is 0 Å². The third-order valence-electron chi connectivity index (χ3n) is 2.70. The van der Waals surface area contributed by atoms with E-state index in [9.17, 15) is 4.57 Å². The van der Waals surface area contributed by atoms with Crippen molar-refractivity contribution in [1.82, 2.24) is 0 Å². The molecule has 0 aromatic rings. The molecule has 0 fully saturated rings. The SMILES string of the molecule is CCC(N)(CC)CC.CCOP(=O)(O)OCC. The Kier molecular flexibility index (Phi) is 11.5. The van der Waals surface area contributed by atoms with Gasteiger partial charge in [0, 0.05) is 5.54 Å². The Bertz CT molecular complexity index is 201. The van der Waals surface area contributed by atoms with Crippen LogP contribution in [0.15, 0.2) is 0 Å². The molecule has 0 atom stereocenters. The minimum Gasteiger partial charge on any atom is -0.325 e. The summed E-state index contributed by atoms with van der Waals surface area (Å²) in [5.41, 5.74) is 6.02. The zero-order valence-corrected chi connectivity index (χ0v) is 12.6. The van der Waals surface area contributed by atoms with Crippen molar-refractivity contribution in [2.45, 2.75) is 59.4 Å². The van der Waals surface area contributed by atoms with Gasteiger partial charge in [0.1, 0.15) is 0 Å². The number of rotatable bonds is 7. The third-order valence-corrected chi connectivity index (χ3v) is 3.87. The van der Waals surface area contributed by atoms with Crippen LogP contribution in [0.4, 0.5) is 0 Å². The quantitative estimate of drug-likeness (QED) is 0.694. The molecular formula is C11H28NO4P. The van der Waals surface area contributed by atoms with Crippen molar-refractivity contribution in [2.75, 3.05) is 13.2 Å². The summed E-state index contributed by atoms with van der Waals surface area (Å²) in [6, 6.07) is 0. The maximum atomic E-state index is 10.5. The van der Waals surface area contributed by atoms with E-state index in [-0.39, 0.29) is 18.8 Å². The van der Waals surface area contributed by atoms with Gasteiger partial charge in [-0.1, -0.05) is 20.8 Å². The molecular weight excluding hydrogens is 241 g/mol. The predicted molar refractivity (Wildman–Crippen MR) is 70.9 cm³/mol. The Labute approximate surface area is 105 Å². The largest absolute Gasteiger partial charge is 0.472 e. The molecule has 3 N–H and O–H groups in total. The van der Waals surface area contributed by atoms with Gasteiger partial charge in [0.05, 0.1) is 13.2 Å². The van der Waals surface area contributed by atoms with Crippen LogP contribution in [0, 0.1) is 0 Å². The Morgan fingerprint density at radius 1 is 1.00 bits per heavy atom. The first-order valence-corrected chi connectivity index (χ1v) is 7.71. The van der Waals surface area contributed by atoms with Gasteiger partial charge in [0.2, 0.25) is 0 Å². The van der Waals surface area contributed by atoms with Crippen LogP contribution in [0.2, 0.25) is 0 Å². The van der Waals surface area contributed by atoms with Crippen LogP contribution in [0.25, 0.3) is 0 Å². The summed E-state index contributed by atoms with van der Waals surface area (Å²) >= 11 is 0. The van der Waals surface area contributed by atoms with Gasteiger partial charge >= 0.3 is 7.82 Å². The molecule has 0 rings (SSSR count). The first-order chi connectivity index (χ1) is 7.80. The topological polar surface area (TPSA) is 81.8 Å². The highest BCUT2D eigenvalue weighted by Gasteiger charge is 2.17. The molecule has 0 bridgehead atoms. The molecule has 0 heterocycles. The molecule has 0 saturated carbocycles. The molecule has 0 aliphatic carbocycles. The monoisotopic (exact) mass is 269 g/mol. The van der Waals surface area contributed by atoms with E-state index in [4.69, 9.17) is 10.6 Å². The molecule has 0 spiro atoms. The van der Waals surface area contributed by atoms with E-state index in [1.807, 2.05) is 0 Å². The first kappa shape index (κ1) is 19.4. The van der Waals surface area contributed by atoms with Crippen molar-refractivity contribution >= 4 is 7.82 Å². The number of phosphoric ester groups is 1. The third kappa shape index (κ3) is 10.9. The second-order valence-corrected chi connectivity index (χ2v) is 5.18. The van der Waals surface area contributed by atoms with Crippen molar-refractivity contribution < 1.29 is 18.5 Å². The molecule has 0 amide bonds. The average molecular weight is 269 g/mol. The van der Waals surface area contributed by atoms with Gasteiger partial charge in [0.15, 0.2) is 0 Å². The standard InChI is InChI=1S/C7H17N.C4H11O4P/c1-4-7(8,5-2)6-3;1-3-7-9(5,6)8-4-2/h4-6,8H2,1-3H3;3-4H2,1-2H3,(H,5,6). The maximum absolute atomic E-state index is 10.5. The van der Waals surface area contributed by atoms with Gasteiger partial charge in [-0.2, -0.15) is 0 Å². The van der Waals surface area contributed by atoms with E-state index in [0.717, 1.165) is 19.3 Å². The Hall–Kier alpha value is 0.0700. The van der Waals surface area contributed by atoms with Crippen LogP contribution in [0.3, 0.4) is 0 Å². The molecule has 0 radical (unpaired) electrons. The normalized spacial score (nSPS) is 11.9. The van der Waals surface area contributed by atoms with Crippen LogP contribution in [0.1, 0.15) is 53.9 Å². The predicted octanol–water partition coefficient (Wildman–Crippen LogP) is 3.07. The molecule has 6 heteroatoms. The van der Waals surface area contributed by atoms with Gasteiger partial charge in [-0.25, -0.2) is 4.57 Å². The lowest BCUT2D eigenvalue weighted by molar-refractivity contribution is 0.161. The zero-order valence-electron chi connectivity index (χ0n) is 11.7. The summed E-state index contributed by atoms with van der Waals surface area (Å²) in [6.45, 7) is 10.1. The lowest BCUT2D eigenvalue weighted by atomic mass is 9.92. The molecule has 0 unspecified atom stereocenters. The van der Waals surface area contributed by atoms with E-state index in [1.54, 1.807) is 13.8 Å². The Balaban J connectivity index is 0. The van der Waals surface area contributed by atoms with Crippen LogP contribution in [-0.2, 0) is 13.6 Å². The average Bonchev–Trinajstić information content (AvgIpc) is 2.28. The molecule has 106 valence electrons. The lowest BCUT2D eigenvalue weighted by Crippen LogP contribution is -2.37. The van der Waals surface area contributed by atoms with Crippen LogP contribution >= 0.6 is 7.82 Å². The Morgan fingerprint density at radius 2 is 1.29 bits per heavy atom. The van der Waals surface area contributed by atoms with Crippen molar-refractivity contribution in [3.05, 3.63) is 0 Å². The van der Waals surface area contributed by atoms with Gasteiger partial charge in [-0.3, -0.25) is 9.05 Å². The summed E-state index contributed by atoms with van der Waals surface area (Å²) in [5.74, 6) is 0. The summed E-state index contributed by atoms with van der Waals surface area (Å²) in [5, 5.41) is 0. The molecule has 0 aliphatic rings. The summed E-state index contributed by atoms with van der Waals surface area (Å²) < 4.78 is 19.2. The first-order valence-electron chi connectivity index (χ1n) is 6.21. The van der Waals surface area contributed by atoms with Crippen molar-refractivity contribution in [2.24, 2.45) is 5.73 Å². The van der Waals surface area contributed by atoms with Crippen LogP contribution < -0.4 is 5.73 Å². The minimum atomic E-state index is -3.69. The molecule has 0 saturated heterocycles. The van der Waals surface area contributed by atoms with Gasteiger partial charge in [-0.05, 0) is 33.1 Å². The highest BCUT2D eigenvalue weighted by molar-refractivity contribution is 7.47. The fourth-order valence-electron chi connectivity index (χ4n) is 1.11. The van der Waals surface area contributed by atoms with Gasteiger partial charge in [-0.15, -0.1) is 0 Å². The summed E-state index contributed by atoms with van der Waals surface area (Å²) in [7, 11) is -3.69. The van der Waals surface area contributed by atoms with E-state index in [2.05, 4.69) is 29.8 Å². The maximum Gasteiger partial charge on any atom is 0.472 e. The number of hydrogen-bond acceptors (Lipinski definition) is 4. The number of phosphoric acid groups is 1. The second kappa shape index (κ2) is 10.0. The molecule has 17 heavy (non-hydrogen) atoms. The van der Waals surface area contributed by atoms with E-state index >= 15 is 0 Å². The highest BCUT2D eigenvalue weighted by Crippen LogP contribution is 2.42. The van der Waals surface area contributed by atoms with Gasteiger partial charge in [0.25, 0.3) is 0 Å². The second-order valence-electron chi connectivity index (χ2n) is 3.73. The molecule has 0 aromatic heterocycles. The number of hydrogen-bond donors (Lipinski definition) is 2. The van der Waals surface area contributed by atoms with Crippen molar-refractivity contribution in [3.8, 4) is 0 Å². The van der Waals surface area contributed by atoms with E-state index in [0.29, 0.717) is 0 Å². The molecule has 0 aromatic carbocycles. The lowest BCUT2D eigenvalue weighted by Gasteiger charge is -2.23. The van der Waals surface area contributed by atoms with Crippen molar-refractivity contribution in [3.63, 3.8) is 0 Å². The molecule has 5 nitrogen and oxygen atoms in total. The minimum absolute atomic E-state index is 0.125. The number of nitrogens with two attached hydrogens (primary N) is 1. The zero-order chi connectivity index (χ0) is 13.9. The van der Waals surface area contributed by atoms with E-state index < -0.39 is 7.82 Å². The highest BCUT2D eigenvalue weighted by atomic mass is 31.2. The summed E-state index contributed by atoms with van der Waals surface area (Å²) in [6.07, 6.45) is 3.29. The smallest absolute Gasteiger partial charge is 0.325 e. The van der Waals surface area contributed by atoms with E-state index in [1.165, 1.54) is 0 Å². The Morgan fingerprint density at radius 3 is 1.41 bits per heavy atom. The van der Waals surface area contributed by atoms with Crippen LogP contribution in [0.5, 0.6) is 0 Å². The summed E-state index contributed by atoms with van der Waals surface area (Å²) in [4.78, 5) is 8.63. The van der Waals surface area contributed by atoms with Gasteiger partial charge < -0.3 is 10.6 Å². The fraction of sp³-hybridized carbons (Fsp3) is 1.00. The molecule has 0 aliphatic heterocycles. The fourth-order valence-corrected chi connectivity index (χ4v) is 1.84. The van der Waals surface area contributed by atoms with Crippen LogP contribution in [-0.4, -0.2) is 23.6 Å².